The summed E-state index contributed by atoms with van der Waals surface area (Å²) in [7, 11) is 0. The second-order valence-corrected chi connectivity index (χ2v) is 8.54. The zero-order valence-electron chi connectivity index (χ0n) is 16.6. The van der Waals surface area contributed by atoms with Crippen molar-refractivity contribution < 1.29 is 19.1 Å². The van der Waals surface area contributed by atoms with Gasteiger partial charge < -0.3 is 9.47 Å². The van der Waals surface area contributed by atoms with Gasteiger partial charge in [0.15, 0.2) is 0 Å². The number of Topliss-reactive ketones (excluding diaryl/α,β-unsaturated/α-hetero) is 2. The third kappa shape index (κ3) is 4.24. The van der Waals surface area contributed by atoms with Crippen molar-refractivity contribution in [2.45, 2.75) is 44.9 Å². The fraction of sp³-hybridized carbons (Fsp3) is 0.417. The van der Waals surface area contributed by atoms with Crippen LogP contribution in [0.2, 0.25) is 5.02 Å². The van der Waals surface area contributed by atoms with Crippen molar-refractivity contribution in [2.75, 3.05) is 13.2 Å². The fourth-order valence-corrected chi connectivity index (χ4v) is 4.68. The van der Waals surface area contributed by atoms with Gasteiger partial charge in [-0.25, -0.2) is 0 Å². The minimum atomic E-state index is -0.688. The van der Waals surface area contributed by atoms with Crippen molar-refractivity contribution in [3.05, 3.63) is 58.6 Å². The standard InChI is InChI=1S/C24H25ClO4/c1-2-16-3-6-19(29-18-7-4-17(25)5-8-18)13-20(16)23-21(26)14-24(15-22(23)27)9-11-28-12-10-24/h3-8,13,23H,2,9-12,14-15H2,1H3. The minimum absolute atomic E-state index is 0.0292. The number of ether oxygens (including phenoxy) is 2. The first-order chi connectivity index (χ1) is 14.0. The number of hydrogen-bond donors (Lipinski definition) is 0. The molecule has 4 rings (SSSR count). The SMILES string of the molecule is CCc1ccc(Oc2ccc(Cl)cc2)cc1C1C(=O)CC2(CCOCC2)CC1=O. The Hall–Kier alpha value is -2.17. The summed E-state index contributed by atoms with van der Waals surface area (Å²) in [5.41, 5.74) is 1.60. The number of benzene rings is 2. The van der Waals surface area contributed by atoms with E-state index in [0.29, 0.717) is 42.6 Å². The van der Waals surface area contributed by atoms with Crippen molar-refractivity contribution in [1.82, 2.24) is 0 Å². The first-order valence-corrected chi connectivity index (χ1v) is 10.6. The first-order valence-electron chi connectivity index (χ1n) is 10.2. The van der Waals surface area contributed by atoms with Gasteiger partial charge in [0.25, 0.3) is 0 Å². The number of halogens is 1. The lowest BCUT2D eigenvalue weighted by atomic mass is 9.63. The van der Waals surface area contributed by atoms with E-state index in [4.69, 9.17) is 21.1 Å². The molecule has 1 aliphatic carbocycles. The van der Waals surface area contributed by atoms with E-state index in [-0.39, 0.29) is 17.0 Å². The quantitative estimate of drug-likeness (QED) is 0.621. The normalized spacial score (nSPS) is 19.5. The summed E-state index contributed by atoms with van der Waals surface area (Å²) in [5.74, 6) is 0.647. The van der Waals surface area contributed by atoms with Crippen LogP contribution in [0.15, 0.2) is 42.5 Å². The molecule has 1 saturated heterocycles. The van der Waals surface area contributed by atoms with Crippen molar-refractivity contribution in [3.8, 4) is 11.5 Å². The van der Waals surface area contributed by atoms with E-state index in [9.17, 15) is 9.59 Å². The Morgan fingerprint density at radius 2 is 1.62 bits per heavy atom. The predicted molar refractivity (Wildman–Crippen MR) is 112 cm³/mol. The molecule has 0 bridgehead atoms. The molecule has 5 heteroatoms. The van der Waals surface area contributed by atoms with Gasteiger partial charge in [-0.05, 0) is 72.2 Å². The number of aryl methyl sites for hydroxylation is 1. The lowest BCUT2D eigenvalue weighted by Crippen LogP contribution is -2.42. The van der Waals surface area contributed by atoms with Gasteiger partial charge in [0.2, 0.25) is 0 Å². The molecule has 2 aromatic rings. The van der Waals surface area contributed by atoms with E-state index in [1.165, 1.54) is 0 Å². The van der Waals surface area contributed by atoms with Crippen molar-refractivity contribution >= 4 is 23.2 Å². The van der Waals surface area contributed by atoms with E-state index >= 15 is 0 Å². The molecule has 1 heterocycles. The molecule has 0 aromatic heterocycles. The van der Waals surface area contributed by atoms with Crippen LogP contribution in [0.4, 0.5) is 0 Å². The Kier molecular flexibility index (Phi) is 5.75. The molecule has 0 atom stereocenters. The molecule has 1 spiro atoms. The average Bonchev–Trinajstić information content (AvgIpc) is 2.70. The van der Waals surface area contributed by atoms with Gasteiger partial charge in [-0.15, -0.1) is 0 Å². The molecule has 1 saturated carbocycles. The summed E-state index contributed by atoms with van der Waals surface area (Å²) >= 11 is 5.94. The molecule has 0 radical (unpaired) electrons. The molecule has 4 nitrogen and oxygen atoms in total. The zero-order valence-corrected chi connectivity index (χ0v) is 17.3. The number of carbonyl (C=O) groups is 2. The van der Waals surface area contributed by atoms with Crippen LogP contribution in [-0.2, 0) is 20.7 Å². The smallest absolute Gasteiger partial charge is 0.148 e. The van der Waals surface area contributed by atoms with Crippen LogP contribution in [-0.4, -0.2) is 24.8 Å². The first kappa shape index (κ1) is 20.1. The van der Waals surface area contributed by atoms with E-state index < -0.39 is 5.92 Å². The summed E-state index contributed by atoms with van der Waals surface area (Å²) in [5, 5.41) is 0.639. The fourth-order valence-electron chi connectivity index (χ4n) is 4.56. The number of ketones is 2. The molecule has 1 aliphatic heterocycles. The molecule has 2 aliphatic rings. The van der Waals surface area contributed by atoms with Crippen molar-refractivity contribution in [2.24, 2.45) is 5.41 Å². The Balaban J connectivity index is 1.62. The highest BCUT2D eigenvalue weighted by Crippen LogP contribution is 2.46. The van der Waals surface area contributed by atoms with Gasteiger partial charge in [-0.3, -0.25) is 9.59 Å². The van der Waals surface area contributed by atoms with Crippen LogP contribution in [0.1, 0.15) is 49.7 Å². The Morgan fingerprint density at radius 1 is 1.00 bits per heavy atom. The Morgan fingerprint density at radius 3 is 2.24 bits per heavy atom. The maximum atomic E-state index is 13.1. The molecular formula is C24H25ClO4. The Bertz CT molecular complexity index is 893. The Labute approximate surface area is 176 Å². The number of hydrogen-bond acceptors (Lipinski definition) is 4. The lowest BCUT2D eigenvalue weighted by Gasteiger charge is -2.41. The minimum Gasteiger partial charge on any atom is -0.457 e. The second kappa shape index (κ2) is 8.29. The molecule has 2 aromatic carbocycles. The van der Waals surface area contributed by atoms with E-state index in [0.717, 1.165) is 30.4 Å². The monoisotopic (exact) mass is 412 g/mol. The van der Waals surface area contributed by atoms with Crippen LogP contribution < -0.4 is 4.74 Å². The molecular weight excluding hydrogens is 388 g/mol. The third-order valence-corrected chi connectivity index (χ3v) is 6.41. The molecule has 152 valence electrons. The lowest BCUT2D eigenvalue weighted by molar-refractivity contribution is -0.139. The van der Waals surface area contributed by atoms with Gasteiger partial charge in [-0.1, -0.05) is 24.6 Å². The molecule has 0 unspecified atom stereocenters. The number of carbonyl (C=O) groups excluding carboxylic acids is 2. The molecule has 0 N–H and O–H groups in total. The van der Waals surface area contributed by atoms with E-state index in [2.05, 4.69) is 0 Å². The van der Waals surface area contributed by atoms with Gasteiger partial charge >= 0.3 is 0 Å². The average molecular weight is 413 g/mol. The maximum absolute atomic E-state index is 13.1. The summed E-state index contributed by atoms with van der Waals surface area (Å²) in [6.45, 7) is 3.31. The van der Waals surface area contributed by atoms with Gasteiger partial charge in [-0.2, -0.15) is 0 Å². The molecule has 0 amide bonds. The van der Waals surface area contributed by atoms with Gasteiger partial charge in [0, 0.05) is 31.1 Å². The van der Waals surface area contributed by atoms with Crippen LogP contribution in [0.3, 0.4) is 0 Å². The zero-order chi connectivity index (χ0) is 20.4. The summed E-state index contributed by atoms with van der Waals surface area (Å²) in [6.07, 6.45) is 3.25. The van der Waals surface area contributed by atoms with Crippen LogP contribution in [0.5, 0.6) is 11.5 Å². The number of rotatable bonds is 4. The van der Waals surface area contributed by atoms with E-state index in [1.807, 2.05) is 25.1 Å². The van der Waals surface area contributed by atoms with Crippen LogP contribution in [0.25, 0.3) is 0 Å². The summed E-state index contributed by atoms with van der Waals surface area (Å²) < 4.78 is 11.4. The highest BCUT2D eigenvalue weighted by atomic mass is 35.5. The van der Waals surface area contributed by atoms with Crippen LogP contribution in [0, 0.1) is 5.41 Å². The topological polar surface area (TPSA) is 52.6 Å². The molecule has 29 heavy (non-hydrogen) atoms. The van der Waals surface area contributed by atoms with Crippen LogP contribution >= 0.6 is 11.6 Å². The predicted octanol–water partition coefficient (Wildman–Crippen LogP) is 5.51. The highest BCUT2D eigenvalue weighted by molar-refractivity contribution is 6.30. The van der Waals surface area contributed by atoms with Crippen molar-refractivity contribution in [3.63, 3.8) is 0 Å². The second-order valence-electron chi connectivity index (χ2n) is 8.10. The maximum Gasteiger partial charge on any atom is 0.148 e. The molecule has 2 fully saturated rings. The van der Waals surface area contributed by atoms with Gasteiger partial charge in [0.05, 0.1) is 0 Å². The largest absolute Gasteiger partial charge is 0.457 e. The van der Waals surface area contributed by atoms with Crippen molar-refractivity contribution in [1.29, 1.82) is 0 Å². The third-order valence-electron chi connectivity index (χ3n) is 6.15. The summed E-state index contributed by atoms with van der Waals surface area (Å²) in [6, 6.07) is 12.8. The summed E-state index contributed by atoms with van der Waals surface area (Å²) in [4.78, 5) is 26.3. The highest BCUT2D eigenvalue weighted by Gasteiger charge is 2.46. The van der Waals surface area contributed by atoms with E-state index in [1.54, 1.807) is 24.3 Å². The van der Waals surface area contributed by atoms with Gasteiger partial charge in [0.1, 0.15) is 29.0 Å².